The predicted octanol–water partition coefficient (Wildman–Crippen LogP) is 4.82. The number of carboxylic acid groups (broad SMARTS) is 1. The highest BCUT2D eigenvalue weighted by Gasteiger charge is 2.11. The van der Waals surface area contributed by atoms with Gasteiger partial charge in [0.25, 0.3) is 5.91 Å². The van der Waals surface area contributed by atoms with Crippen LogP contribution in [0, 0.1) is 18.3 Å². The van der Waals surface area contributed by atoms with Crippen molar-refractivity contribution >= 4 is 23.6 Å². The molecule has 0 bridgehead atoms. The van der Waals surface area contributed by atoms with Crippen molar-refractivity contribution < 1.29 is 19.4 Å². The number of carbonyl (C=O) groups is 2. The fourth-order valence-corrected chi connectivity index (χ4v) is 2.75. The average molecular weight is 412 g/mol. The molecule has 2 N–H and O–H groups in total. The molecule has 154 valence electrons. The van der Waals surface area contributed by atoms with E-state index < -0.39 is 11.9 Å². The molecule has 1 amide bonds. The summed E-state index contributed by atoms with van der Waals surface area (Å²) in [6.07, 6.45) is 1.46. The lowest BCUT2D eigenvalue weighted by molar-refractivity contribution is -0.112. The van der Waals surface area contributed by atoms with Crippen LogP contribution in [0.15, 0.2) is 78.4 Å². The Morgan fingerprint density at radius 1 is 1.06 bits per heavy atom. The van der Waals surface area contributed by atoms with Gasteiger partial charge in [-0.25, -0.2) is 4.79 Å². The number of benzene rings is 3. The van der Waals surface area contributed by atoms with Crippen LogP contribution in [0.2, 0.25) is 0 Å². The van der Waals surface area contributed by atoms with Crippen LogP contribution < -0.4 is 10.1 Å². The van der Waals surface area contributed by atoms with E-state index in [0.29, 0.717) is 23.6 Å². The van der Waals surface area contributed by atoms with Gasteiger partial charge in [-0.2, -0.15) is 5.26 Å². The largest absolute Gasteiger partial charge is 0.489 e. The minimum Gasteiger partial charge on any atom is -0.489 e. The molecule has 31 heavy (non-hydrogen) atoms. The summed E-state index contributed by atoms with van der Waals surface area (Å²) in [5.74, 6) is -1.05. The maximum absolute atomic E-state index is 12.4. The second kappa shape index (κ2) is 9.90. The Morgan fingerprint density at radius 2 is 1.77 bits per heavy atom. The summed E-state index contributed by atoms with van der Waals surface area (Å²) in [4.78, 5) is 23.5. The number of aromatic carboxylic acids is 1. The third-order valence-corrected chi connectivity index (χ3v) is 4.45. The molecule has 0 aliphatic rings. The van der Waals surface area contributed by atoms with Gasteiger partial charge in [-0.05, 0) is 54.5 Å². The van der Waals surface area contributed by atoms with Gasteiger partial charge >= 0.3 is 5.97 Å². The first kappa shape index (κ1) is 21.3. The van der Waals surface area contributed by atoms with E-state index in [1.165, 1.54) is 29.8 Å². The van der Waals surface area contributed by atoms with Gasteiger partial charge < -0.3 is 15.2 Å². The maximum atomic E-state index is 12.4. The first-order valence-electron chi connectivity index (χ1n) is 9.49. The lowest BCUT2D eigenvalue weighted by Gasteiger charge is -2.07. The van der Waals surface area contributed by atoms with Crippen molar-refractivity contribution in [3.05, 3.63) is 101 Å². The highest BCUT2D eigenvalue weighted by atomic mass is 16.5. The number of hydrogen-bond donors (Lipinski definition) is 2. The van der Waals surface area contributed by atoms with Gasteiger partial charge in [-0.1, -0.05) is 48.0 Å². The summed E-state index contributed by atoms with van der Waals surface area (Å²) >= 11 is 0. The van der Waals surface area contributed by atoms with E-state index in [9.17, 15) is 14.9 Å². The van der Waals surface area contributed by atoms with Crippen LogP contribution in [-0.4, -0.2) is 17.0 Å². The third-order valence-electron chi connectivity index (χ3n) is 4.45. The van der Waals surface area contributed by atoms with E-state index in [0.717, 1.165) is 5.56 Å². The average Bonchev–Trinajstić information content (AvgIpc) is 2.78. The lowest BCUT2D eigenvalue weighted by Crippen LogP contribution is -2.13. The fraction of sp³-hybridized carbons (Fsp3) is 0.0800. The van der Waals surface area contributed by atoms with E-state index in [1.54, 1.807) is 30.3 Å². The molecule has 0 fully saturated rings. The van der Waals surface area contributed by atoms with Crippen molar-refractivity contribution in [2.24, 2.45) is 0 Å². The second-order valence-corrected chi connectivity index (χ2v) is 6.85. The first-order valence-corrected chi connectivity index (χ1v) is 9.49. The van der Waals surface area contributed by atoms with Gasteiger partial charge in [0.1, 0.15) is 24.0 Å². The molecule has 6 nitrogen and oxygen atoms in total. The zero-order chi connectivity index (χ0) is 22.2. The zero-order valence-electron chi connectivity index (χ0n) is 16.8. The minimum atomic E-state index is -1.10. The molecule has 6 heteroatoms. The van der Waals surface area contributed by atoms with Gasteiger partial charge in [0, 0.05) is 5.69 Å². The second-order valence-electron chi connectivity index (χ2n) is 6.85. The Labute approximate surface area is 180 Å². The zero-order valence-corrected chi connectivity index (χ0v) is 16.8. The molecule has 0 radical (unpaired) electrons. The Bertz CT molecular complexity index is 1160. The molecule has 0 aliphatic carbocycles. The van der Waals surface area contributed by atoms with E-state index >= 15 is 0 Å². The number of nitrogens with one attached hydrogen (secondary N) is 1. The Kier molecular flexibility index (Phi) is 6.82. The molecule has 0 atom stereocenters. The highest BCUT2D eigenvalue weighted by molar-refractivity contribution is 6.10. The predicted molar refractivity (Wildman–Crippen MR) is 118 cm³/mol. The molecule has 0 unspecified atom stereocenters. The molecule has 0 aliphatic heterocycles. The SMILES string of the molecule is Cc1ccc(COc2ccc(/C=C(/C#N)C(=O)Nc3cccc(C(=O)O)c3)cc2)cc1. The number of amides is 1. The summed E-state index contributed by atoms with van der Waals surface area (Å²) in [6.45, 7) is 2.47. The Balaban J connectivity index is 1.65. The van der Waals surface area contributed by atoms with Crippen molar-refractivity contribution in [1.82, 2.24) is 0 Å². The minimum absolute atomic E-state index is 0.0431. The molecular formula is C25H20N2O4. The highest BCUT2D eigenvalue weighted by Crippen LogP contribution is 2.18. The summed E-state index contributed by atoms with van der Waals surface area (Å²) in [5, 5.41) is 21.0. The van der Waals surface area contributed by atoms with Crippen molar-refractivity contribution in [3.63, 3.8) is 0 Å². The van der Waals surface area contributed by atoms with E-state index in [4.69, 9.17) is 9.84 Å². The van der Waals surface area contributed by atoms with Gasteiger partial charge in [-0.3, -0.25) is 4.79 Å². The van der Waals surface area contributed by atoms with Crippen LogP contribution in [0.1, 0.15) is 27.0 Å². The maximum Gasteiger partial charge on any atom is 0.335 e. The summed E-state index contributed by atoms with van der Waals surface area (Å²) < 4.78 is 5.76. The molecule has 3 aromatic carbocycles. The smallest absolute Gasteiger partial charge is 0.335 e. The monoisotopic (exact) mass is 412 g/mol. The van der Waals surface area contributed by atoms with Crippen LogP contribution in [0.4, 0.5) is 5.69 Å². The molecular weight excluding hydrogens is 392 g/mol. The van der Waals surface area contributed by atoms with Crippen LogP contribution in [0.3, 0.4) is 0 Å². The van der Waals surface area contributed by atoms with Gasteiger partial charge in [0.15, 0.2) is 0 Å². The summed E-state index contributed by atoms with van der Waals surface area (Å²) in [6, 6.07) is 22.8. The number of carboxylic acids is 1. The fourth-order valence-electron chi connectivity index (χ4n) is 2.75. The van der Waals surface area contributed by atoms with Gasteiger partial charge in [0.05, 0.1) is 5.56 Å². The number of nitriles is 1. The van der Waals surface area contributed by atoms with E-state index in [1.807, 2.05) is 37.3 Å². The number of anilines is 1. The van der Waals surface area contributed by atoms with Gasteiger partial charge in [-0.15, -0.1) is 0 Å². The van der Waals surface area contributed by atoms with Crippen molar-refractivity contribution in [3.8, 4) is 11.8 Å². The summed E-state index contributed by atoms with van der Waals surface area (Å²) in [7, 11) is 0. The van der Waals surface area contributed by atoms with Gasteiger partial charge in [0.2, 0.25) is 0 Å². The number of aryl methyl sites for hydroxylation is 1. The topological polar surface area (TPSA) is 99.4 Å². The van der Waals surface area contributed by atoms with Crippen molar-refractivity contribution in [2.45, 2.75) is 13.5 Å². The first-order chi connectivity index (χ1) is 14.9. The number of rotatable bonds is 7. The Morgan fingerprint density at radius 3 is 2.42 bits per heavy atom. The summed E-state index contributed by atoms with van der Waals surface area (Å²) in [5.41, 5.74) is 3.15. The molecule has 3 rings (SSSR count). The van der Waals surface area contributed by atoms with E-state index in [2.05, 4.69) is 5.32 Å². The number of carbonyl (C=O) groups excluding carboxylic acids is 1. The number of ether oxygens (including phenoxy) is 1. The molecule has 0 heterocycles. The molecule has 0 spiro atoms. The normalized spacial score (nSPS) is 10.8. The molecule has 0 saturated heterocycles. The molecule has 0 saturated carbocycles. The quantitative estimate of drug-likeness (QED) is 0.428. The number of hydrogen-bond acceptors (Lipinski definition) is 4. The lowest BCUT2D eigenvalue weighted by atomic mass is 10.1. The number of nitrogens with zero attached hydrogens (tertiary/aromatic N) is 1. The molecule has 0 aromatic heterocycles. The van der Waals surface area contributed by atoms with Crippen LogP contribution >= 0.6 is 0 Å². The standard InChI is InChI=1S/C25H20N2O4/c1-17-5-7-19(8-6-17)16-31-23-11-9-18(10-12-23)13-21(15-26)24(28)27-22-4-2-3-20(14-22)25(29)30/h2-14H,16H2,1H3,(H,27,28)(H,29,30)/b21-13-. The van der Waals surface area contributed by atoms with Crippen LogP contribution in [0.5, 0.6) is 5.75 Å². The van der Waals surface area contributed by atoms with Crippen molar-refractivity contribution in [2.75, 3.05) is 5.32 Å². The van der Waals surface area contributed by atoms with Crippen LogP contribution in [0.25, 0.3) is 6.08 Å². The Hall–Kier alpha value is -4.37. The van der Waals surface area contributed by atoms with E-state index in [-0.39, 0.29) is 11.1 Å². The third kappa shape index (κ3) is 6.05. The van der Waals surface area contributed by atoms with Crippen LogP contribution in [-0.2, 0) is 11.4 Å². The molecule has 3 aromatic rings. The van der Waals surface area contributed by atoms with Crippen molar-refractivity contribution in [1.29, 1.82) is 5.26 Å².